The molecule has 2 N–H and O–H groups in total. The van der Waals surface area contributed by atoms with Gasteiger partial charge in [-0.05, 0) is 24.6 Å². The van der Waals surface area contributed by atoms with Crippen molar-refractivity contribution in [2.24, 2.45) is 0 Å². The van der Waals surface area contributed by atoms with E-state index in [9.17, 15) is 4.79 Å². The van der Waals surface area contributed by atoms with Gasteiger partial charge in [-0.3, -0.25) is 4.79 Å². The maximum Gasteiger partial charge on any atom is 0.253 e. The first-order valence-corrected chi connectivity index (χ1v) is 6.25. The zero-order valence-electron chi connectivity index (χ0n) is 11.0. The smallest absolute Gasteiger partial charge is 0.253 e. The molecule has 0 aliphatic carbocycles. The number of H-pyrrole nitrogens is 1. The zero-order valence-corrected chi connectivity index (χ0v) is 11.0. The van der Waals surface area contributed by atoms with Crippen molar-refractivity contribution in [3.05, 3.63) is 33.6 Å². The lowest BCUT2D eigenvalue weighted by atomic mass is 9.97. The third kappa shape index (κ3) is 1.86. The number of pyridine rings is 1. The summed E-state index contributed by atoms with van der Waals surface area (Å²) >= 11 is 0. The Balaban J connectivity index is 2.35. The van der Waals surface area contributed by atoms with Crippen LogP contribution >= 0.6 is 0 Å². The van der Waals surface area contributed by atoms with Crippen LogP contribution in [0.5, 0.6) is 11.5 Å². The van der Waals surface area contributed by atoms with Gasteiger partial charge < -0.3 is 19.8 Å². The highest BCUT2D eigenvalue weighted by atomic mass is 16.5. The number of nitrogens with one attached hydrogen (secondary N) is 2. The number of methoxy groups -OCH3 is 2. The molecule has 1 aromatic carbocycles. The van der Waals surface area contributed by atoms with Gasteiger partial charge in [0.25, 0.3) is 5.56 Å². The average Bonchev–Trinajstić information content (AvgIpc) is 2.46. The molecule has 0 fully saturated rings. The van der Waals surface area contributed by atoms with E-state index in [0.29, 0.717) is 18.0 Å². The lowest BCUT2D eigenvalue weighted by Gasteiger charge is -2.19. The first-order chi connectivity index (χ1) is 9.24. The maximum atomic E-state index is 12.1. The molecule has 0 amide bonds. The van der Waals surface area contributed by atoms with Crippen LogP contribution in [0, 0.1) is 0 Å². The van der Waals surface area contributed by atoms with Gasteiger partial charge in [-0.15, -0.1) is 0 Å². The lowest BCUT2D eigenvalue weighted by molar-refractivity contribution is 0.355. The SMILES string of the molecule is COc1cc2[nH]c(=O)c3c(c2cc1OC)CCNC3. The number of aromatic amines is 1. The quantitative estimate of drug-likeness (QED) is 0.851. The molecule has 19 heavy (non-hydrogen) atoms. The van der Waals surface area contributed by atoms with E-state index in [1.807, 2.05) is 12.1 Å². The first kappa shape index (κ1) is 12.0. The molecule has 100 valence electrons. The van der Waals surface area contributed by atoms with Crippen molar-refractivity contribution in [3.8, 4) is 11.5 Å². The summed E-state index contributed by atoms with van der Waals surface area (Å²) < 4.78 is 10.6. The van der Waals surface area contributed by atoms with E-state index in [-0.39, 0.29) is 5.56 Å². The van der Waals surface area contributed by atoms with Crippen molar-refractivity contribution < 1.29 is 9.47 Å². The highest BCUT2D eigenvalue weighted by Crippen LogP contribution is 2.33. The summed E-state index contributed by atoms with van der Waals surface area (Å²) in [6, 6.07) is 3.76. The van der Waals surface area contributed by atoms with Crippen LogP contribution in [-0.2, 0) is 13.0 Å². The molecule has 0 unspecified atom stereocenters. The predicted molar refractivity (Wildman–Crippen MR) is 73.1 cm³/mol. The molecule has 1 aromatic heterocycles. The Labute approximate surface area is 110 Å². The maximum absolute atomic E-state index is 12.1. The number of fused-ring (bicyclic) bond motifs is 3. The lowest BCUT2D eigenvalue weighted by Crippen LogP contribution is -2.30. The third-order valence-electron chi connectivity index (χ3n) is 3.59. The van der Waals surface area contributed by atoms with Gasteiger partial charge in [0.1, 0.15) is 0 Å². The van der Waals surface area contributed by atoms with Gasteiger partial charge in [0.15, 0.2) is 11.5 Å². The Kier molecular flexibility index (Phi) is 2.91. The number of hydrogen-bond donors (Lipinski definition) is 2. The van der Waals surface area contributed by atoms with Crippen molar-refractivity contribution in [3.63, 3.8) is 0 Å². The average molecular weight is 260 g/mol. The molecular formula is C14H16N2O3. The summed E-state index contributed by atoms with van der Waals surface area (Å²) in [7, 11) is 3.20. The minimum absolute atomic E-state index is 0.0260. The second-order valence-electron chi connectivity index (χ2n) is 4.59. The predicted octanol–water partition coefficient (Wildman–Crippen LogP) is 1.19. The third-order valence-corrected chi connectivity index (χ3v) is 3.59. The van der Waals surface area contributed by atoms with E-state index in [4.69, 9.17) is 9.47 Å². The molecule has 5 nitrogen and oxygen atoms in total. The number of benzene rings is 1. The van der Waals surface area contributed by atoms with E-state index in [2.05, 4.69) is 10.3 Å². The molecule has 3 rings (SSSR count). The fourth-order valence-corrected chi connectivity index (χ4v) is 2.63. The summed E-state index contributed by atoms with van der Waals surface area (Å²) in [5.41, 5.74) is 2.70. The van der Waals surface area contributed by atoms with E-state index < -0.39 is 0 Å². The van der Waals surface area contributed by atoms with Crippen LogP contribution in [0.2, 0.25) is 0 Å². The van der Waals surface area contributed by atoms with Gasteiger partial charge in [0, 0.05) is 23.6 Å². The largest absolute Gasteiger partial charge is 0.493 e. The molecule has 0 saturated heterocycles. The van der Waals surface area contributed by atoms with Gasteiger partial charge in [-0.1, -0.05) is 0 Å². The number of hydrogen-bond acceptors (Lipinski definition) is 4. The standard InChI is InChI=1S/C14H16N2O3/c1-18-12-5-9-8-3-4-15-7-10(8)14(17)16-11(9)6-13(12)19-2/h5-6,15H,3-4,7H2,1-2H3,(H,16,17). The Morgan fingerprint density at radius 3 is 2.58 bits per heavy atom. The Morgan fingerprint density at radius 2 is 1.84 bits per heavy atom. The molecule has 0 saturated carbocycles. The minimum Gasteiger partial charge on any atom is -0.493 e. The Morgan fingerprint density at radius 1 is 1.11 bits per heavy atom. The molecule has 2 heterocycles. The zero-order chi connectivity index (χ0) is 13.4. The van der Waals surface area contributed by atoms with Crippen LogP contribution in [0.25, 0.3) is 10.9 Å². The second-order valence-corrected chi connectivity index (χ2v) is 4.59. The number of aromatic nitrogens is 1. The summed E-state index contributed by atoms with van der Waals surface area (Å²) in [5.74, 6) is 1.31. The second kappa shape index (κ2) is 4.59. The van der Waals surface area contributed by atoms with Gasteiger partial charge in [0.05, 0.1) is 19.7 Å². The minimum atomic E-state index is -0.0260. The van der Waals surface area contributed by atoms with Crippen molar-refractivity contribution >= 4 is 10.9 Å². The van der Waals surface area contributed by atoms with Crippen LogP contribution in [0.4, 0.5) is 0 Å². The summed E-state index contributed by atoms with van der Waals surface area (Å²) in [6.45, 7) is 1.51. The van der Waals surface area contributed by atoms with E-state index >= 15 is 0 Å². The molecular weight excluding hydrogens is 244 g/mol. The number of ether oxygens (including phenoxy) is 2. The monoisotopic (exact) mass is 260 g/mol. The summed E-state index contributed by atoms with van der Waals surface area (Å²) in [6.07, 6.45) is 0.852. The molecule has 0 radical (unpaired) electrons. The first-order valence-electron chi connectivity index (χ1n) is 6.25. The van der Waals surface area contributed by atoms with Crippen LogP contribution in [0.15, 0.2) is 16.9 Å². The van der Waals surface area contributed by atoms with Gasteiger partial charge in [0.2, 0.25) is 0 Å². The van der Waals surface area contributed by atoms with E-state index in [0.717, 1.165) is 35.0 Å². The topological polar surface area (TPSA) is 63.4 Å². The summed E-state index contributed by atoms with van der Waals surface area (Å²) in [5, 5.41) is 4.26. The number of rotatable bonds is 2. The highest BCUT2D eigenvalue weighted by Gasteiger charge is 2.17. The van der Waals surface area contributed by atoms with Crippen LogP contribution < -0.4 is 20.3 Å². The van der Waals surface area contributed by atoms with Crippen molar-refractivity contribution in [2.45, 2.75) is 13.0 Å². The Hall–Kier alpha value is -2.01. The fraction of sp³-hybridized carbons (Fsp3) is 0.357. The van der Waals surface area contributed by atoms with Crippen molar-refractivity contribution in [1.29, 1.82) is 0 Å². The van der Waals surface area contributed by atoms with Crippen LogP contribution in [0.1, 0.15) is 11.1 Å². The van der Waals surface area contributed by atoms with Gasteiger partial charge in [-0.2, -0.15) is 0 Å². The molecule has 1 aliphatic heterocycles. The highest BCUT2D eigenvalue weighted by molar-refractivity contribution is 5.86. The van der Waals surface area contributed by atoms with Crippen molar-refractivity contribution in [2.75, 3.05) is 20.8 Å². The molecule has 5 heteroatoms. The van der Waals surface area contributed by atoms with Gasteiger partial charge in [-0.25, -0.2) is 0 Å². The molecule has 0 atom stereocenters. The van der Waals surface area contributed by atoms with E-state index in [1.54, 1.807) is 14.2 Å². The van der Waals surface area contributed by atoms with Crippen LogP contribution in [-0.4, -0.2) is 25.7 Å². The molecule has 1 aliphatic rings. The summed E-state index contributed by atoms with van der Waals surface area (Å²) in [4.78, 5) is 15.0. The molecule has 0 spiro atoms. The van der Waals surface area contributed by atoms with E-state index in [1.165, 1.54) is 0 Å². The molecule has 0 bridgehead atoms. The van der Waals surface area contributed by atoms with Crippen LogP contribution in [0.3, 0.4) is 0 Å². The Bertz CT molecular complexity index is 691. The molecule has 2 aromatic rings. The van der Waals surface area contributed by atoms with Gasteiger partial charge >= 0.3 is 0 Å². The fourth-order valence-electron chi connectivity index (χ4n) is 2.63. The normalized spacial score (nSPS) is 14.2. The van der Waals surface area contributed by atoms with Crippen molar-refractivity contribution in [1.82, 2.24) is 10.3 Å².